The molecule has 0 saturated carbocycles. The Hall–Kier alpha value is -7.20. The van der Waals surface area contributed by atoms with Crippen molar-refractivity contribution < 1.29 is 13.7 Å². The number of para-hydroxylation sites is 2. The Bertz CT molecular complexity index is 3980. The summed E-state index contributed by atoms with van der Waals surface area (Å²) in [6.07, 6.45) is 0. The quantitative estimate of drug-likeness (QED) is 0.166. The van der Waals surface area contributed by atoms with Crippen molar-refractivity contribution >= 4 is 75.1 Å². The summed E-state index contributed by atoms with van der Waals surface area (Å²) >= 11 is 1.79. The molecule has 0 radical (unpaired) electrons. The molecule has 57 heavy (non-hydrogen) atoms. The monoisotopic (exact) mass is 752 g/mol. The lowest BCUT2D eigenvalue weighted by atomic mass is 9.87. The van der Waals surface area contributed by atoms with E-state index in [0.717, 1.165) is 55.0 Å². The van der Waals surface area contributed by atoms with Gasteiger partial charge in [-0.2, -0.15) is 0 Å². The van der Waals surface area contributed by atoms with Crippen LogP contribution in [0.25, 0.3) is 109 Å². The lowest BCUT2D eigenvalue weighted by molar-refractivity contribution is 1.17. The van der Waals surface area contributed by atoms with E-state index in [-0.39, 0.29) is 22.3 Å². The molecule has 9 aromatic carbocycles. The van der Waals surface area contributed by atoms with Crippen LogP contribution in [0, 0.1) is 0 Å². The van der Waals surface area contributed by atoms with E-state index in [1.54, 1.807) is 29.5 Å². The Kier molecular flexibility index (Phi) is 5.26. The fourth-order valence-corrected chi connectivity index (χ4v) is 9.77. The van der Waals surface area contributed by atoms with Gasteiger partial charge in [0.15, 0.2) is 0 Å². The van der Waals surface area contributed by atoms with Crippen LogP contribution in [0.2, 0.25) is 0 Å². The molecule has 12 aromatic rings. The molecule has 0 aliphatic heterocycles. The van der Waals surface area contributed by atoms with E-state index in [1.807, 2.05) is 30.3 Å². The van der Waals surface area contributed by atoms with Crippen molar-refractivity contribution in [1.82, 2.24) is 9.13 Å². The number of hydrogen-bond acceptors (Lipinski definition) is 1. The SMILES string of the molecule is [2H]c1c([2H])c([2H])c(-c2cccc(-c3c([2H])c([2H])c([2H])c([2H])c3[2H])c2-c2ccc3c4ccccc4n(-c4ccc5c(c4)c4ccccc4n5-c4ccc5sc6ccccc6c5c4)c3c2)c([2H])c1[2H]. The zero-order valence-corrected chi connectivity index (χ0v) is 31.0. The van der Waals surface area contributed by atoms with Crippen LogP contribution >= 0.6 is 11.3 Å². The molecule has 0 aliphatic rings. The summed E-state index contributed by atoms with van der Waals surface area (Å²) in [6.45, 7) is 0. The van der Waals surface area contributed by atoms with E-state index >= 15 is 0 Å². The van der Waals surface area contributed by atoms with Gasteiger partial charge in [-0.1, -0.05) is 145 Å². The van der Waals surface area contributed by atoms with Gasteiger partial charge in [0.1, 0.15) is 0 Å². The Labute approximate surface area is 347 Å². The molecule has 0 amide bonds. The van der Waals surface area contributed by atoms with Gasteiger partial charge in [-0.15, -0.1) is 11.3 Å². The summed E-state index contributed by atoms with van der Waals surface area (Å²) in [6, 6.07) is 44.2. The van der Waals surface area contributed by atoms with Crippen LogP contribution in [-0.4, -0.2) is 9.13 Å². The van der Waals surface area contributed by atoms with Crippen LogP contribution < -0.4 is 0 Å². The second-order valence-electron chi connectivity index (χ2n) is 14.1. The maximum absolute atomic E-state index is 9.04. The third kappa shape index (κ3) is 4.96. The molecule has 0 atom stereocenters. The number of fused-ring (bicyclic) bond motifs is 9. The molecule has 3 aromatic heterocycles. The molecule has 0 bridgehead atoms. The molecule has 266 valence electrons. The Morgan fingerprint density at radius 3 is 1.58 bits per heavy atom. The van der Waals surface area contributed by atoms with Gasteiger partial charge < -0.3 is 9.13 Å². The van der Waals surface area contributed by atoms with E-state index in [1.165, 1.54) is 20.2 Å². The molecular weight excluding hydrogens is 709 g/mol. The van der Waals surface area contributed by atoms with Gasteiger partial charge in [-0.25, -0.2) is 0 Å². The first-order chi connectivity index (χ1) is 32.4. The maximum atomic E-state index is 9.04. The number of thiophene rings is 1. The van der Waals surface area contributed by atoms with Crippen LogP contribution in [0.15, 0.2) is 206 Å². The standard InChI is InChI=1S/C54H34N2S/c1-3-14-35(15-4-1)40-21-13-22-41(36-16-5-2-6-17-36)54(40)37-26-29-44-42-18-7-10-23-48(42)56(51(44)32-37)38-27-30-50-46(33-38)43-19-8-11-24-49(43)55(50)39-28-31-53-47(34-39)45-20-9-12-25-52(45)57-53/h1-34H/i1D,2D,3D,4D,5D,6D,14D,15D,16D,17D. The maximum Gasteiger partial charge on any atom is 0.0629 e. The smallest absolute Gasteiger partial charge is 0.0629 e. The molecule has 0 aliphatic carbocycles. The highest BCUT2D eigenvalue weighted by molar-refractivity contribution is 7.25. The zero-order chi connectivity index (χ0) is 46.2. The Morgan fingerprint density at radius 2 is 0.877 bits per heavy atom. The third-order valence-corrected chi connectivity index (χ3v) is 12.3. The molecule has 3 heterocycles. The highest BCUT2D eigenvalue weighted by Gasteiger charge is 2.20. The van der Waals surface area contributed by atoms with E-state index in [2.05, 4.69) is 106 Å². The van der Waals surface area contributed by atoms with E-state index < -0.39 is 60.4 Å². The van der Waals surface area contributed by atoms with Gasteiger partial charge in [0.05, 0.1) is 35.8 Å². The number of nitrogens with zero attached hydrogens (tertiary/aromatic N) is 2. The zero-order valence-electron chi connectivity index (χ0n) is 40.2. The minimum atomic E-state index is -0.537. The Balaban J connectivity index is 1.13. The number of benzene rings is 9. The summed E-state index contributed by atoms with van der Waals surface area (Å²) in [5.41, 5.74) is 7.10. The summed E-state index contributed by atoms with van der Waals surface area (Å²) < 4.78 is 94.2. The molecule has 0 spiro atoms. The van der Waals surface area contributed by atoms with Crippen LogP contribution in [0.5, 0.6) is 0 Å². The molecule has 12 rings (SSSR count). The predicted octanol–water partition coefficient (Wildman–Crippen LogP) is 15.2. The van der Waals surface area contributed by atoms with Gasteiger partial charge in [-0.3, -0.25) is 0 Å². The Morgan fingerprint density at radius 1 is 0.351 bits per heavy atom. The first-order valence-electron chi connectivity index (χ1n) is 23.7. The van der Waals surface area contributed by atoms with Crippen LogP contribution in [0.3, 0.4) is 0 Å². The summed E-state index contributed by atoms with van der Waals surface area (Å²) in [5.74, 6) is 0. The lowest BCUT2D eigenvalue weighted by Crippen LogP contribution is -1.96. The number of rotatable bonds is 5. The highest BCUT2D eigenvalue weighted by atomic mass is 32.1. The molecule has 0 fully saturated rings. The van der Waals surface area contributed by atoms with Crippen molar-refractivity contribution in [2.45, 2.75) is 0 Å². The predicted molar refractivity (Wildman–Crippen MR) is 244 cm³/mol. The van der Waals surface area contributed by atoms with Crippen molar-refractivity contribution in [2.24, 2.45) is 0 Å². The fraction of sp³-hybridized carbons (Fsp3) is 0. The van der Waals surface area contributed by atoms with Crippen LogP contribution in [-0.2, 0) is 0 Å². The van der Waals surface area contributed by atoms with Crippen molar-refractivity contribution in [2.75, 3.05) is 0 Å². The normalized spacial score (nSPS) is 14.3. The largest absolute Gasteiger partial charge is 0.309 e. The van der Waals surface area contributed by atoms with E-state index in [9.17, 15) is 0 Å². The highest BCUT2D eigenvalue weighted by Crippen LogP contribution is 2.44. The van der Waals surface area contributed by atoms with Crippen LogP contribution in [0.4, 0.5) is 0 Å². The summed E-state index contributed by atoms with van der Waals surface area (Å²) in [4.78, 5) is 0. The minimum absolute atomic E-state index is 0.0657. The van der Waals surface area contributed by atoms with Crippen molar-refractivity contribution in [3.63, 3.8) is 0 Å². The lowest BCUT2D eigenvalue weighted by Gasteiger charge is -2.17. The minimum Gasteiger partial charge on any atom is -0.309 e. The average Bonchev–Trinajstić information content (AvgIpc) is 4.01. The first kappa shape index (κ1) is 23.7. The third-order valence-electron chi connectivity index (χ3n) is 11.1. The van der Waals surface area contributed by atoms with Crippen molar-refractivity contribution in [3.8, 4) is 44.8 Å². The topological polar surface area (TPSA) is 9.86 Å². The molecule has 3 heteroatoms. The van der Waals surface area contributed by atoms with Gasteiger partial charge in [0.2, 0.25) is 0 Å². The number of aromatic nitrogens is 2. The molecular formula is C54H34N2S. The van der Waals surface area contributed by atoms with E-state index in [4.69, 9.17) is 13.7 Å². The van der Waals surface area contributed by atoms with Crippen LogP contribution in [0.1, 0.15) is 13.7 Å². The summed E-state index contributed by atoms with van der Waals surface area (Å²) in [5, 5.41) is 6.52. The van der Waals surface area contributed by atoms with E-state index in [0.29, 0.717) is 11.1 Å². The van der Waals surface area contributed by atoms with Gasteiger partial charge in [-0.05, 0) is 94.0 Å². The summed E-state index contributed by atoms with van der Waals surface area (Å²) in [7, 11) is 0. The molecule has 0 unspecified atom stereocenters. The average molecular weight is 753 g/mol. The van der Waals surface area contributed by atoms with Gasteiger partial charge in [0, 0.05) is 53.1 Å². The fourth-order valence-electron chi connectivity index (χ4n) is 8.68. The van der Waals surface area contributed by atoms with Crippen molar-refractivity contribution in [1.29, 1.82) is 0 Å². The second-order valence-corrected chi connectivity index (χ2v) is 15.2. The molecule has 0 saturated heterocycles. The number of hydrogen-bond donors (Lipinski definition) is 0. The molecule has 2 nitrogen and oxygen atoms in total. The van der Waals surface area contributed by atoms with Crippen molar-refractivity contribution in [3.05, 3.63) is 206 Å². The second kappa shape index (κ2) is 12.7. The van der Waals surface area contributed by atoms with Gasteiger partial charge in [0.25, 0.3) is 0 Å². The molecule has 0 N–H and O–H groups in total. The first-order valence-corrected chi connectivity index (χ1v) is 19.5. The van der Waals surface area contributed by atoms with Gasteiger partial charge >= 0.3 is 0 Å².